The lowest BCUT2D eigenvalue weighted by Gasteiger charge is -2.16. The minimum atomic E-state index is -0.548. The number of nitrogens with one attached hydrogen (secondary N) is 1. The molecule has 1 heterocycles. The molecule has 7 heteroatoms. The van der Waals surface area contributed by atoms with Gasteiger partial charge in [0.1, 0.15) is 10.8 Å². The molecule has 0 aliphatic rings. The number of anilines is 1. The Labute approximate surface area is 161 Å². The van der Waals surface area contributed by atoms with E-state index in [4.69, 9.17) is 10.5 Å². The van der Waals surface area contributed by atoms with Crippen molar-refractivity contribution in [2.75, 3.05) is 26.0 Å². The number of amides is 2. The van der Waals surface area contributed by atoms with Crippen molar-refractivity contribution in [1.82, 2.24) is 4.90 Å². The number of nitrogens with zero attached hydrogens (tertiary/aromatic N) is 1. The number of fused-ring (bicyclic) bond motifs is 1. The molecule has 27 heavy (non-hydrogen) atoms. The third-order valence-corrected chi connectivity index (χ3v) is 4.99. The molecule has 0 aliphatic carbocycles. The summed E-state index contributed by atoms with van der Waals surface area (Å²) < 4.78 is 5.25. The Hall–Kier alpha value is -2.90. The highest BCUT2D eigenvalue weighted by molar-refractivity contribution is 7.14. The number of nitrogens with two attached hydrogens (primary N) is 1. The van der Waals surface area contributed by atoms with Crippen molar-refractivity contribution in [2.24, 2.45) is 5.73 Å². The quantitative estimate of drug-likeness (QED) is 0.657. The van der Waals surface area contributed by atoms with Crippen molar-refractivity contribution in [3.8, 4) is 5.75 Å². The van der Waals surface area contributed by atoms with Crippen LogP contribution in [0, 0.1) is 0 Å². The first kappa shape index (κ1) is 18.9. The highest BCUT2D eigenvalue weighted by Gasteiger charge is 2.14. The van der Waals surface area contributed by atoms with Crippen molar-refractivity contribution in [2.45, 2.75) is 6.54 Å². The zero-order valence-electron chi connectivity index (χ0n) is 15.2. The Morgan fingerprint density at radius 1 is 1.15 bits per heavy atom. The fourth-order valence-electron chi connectivity index (χ4n) is 2.88. The zero-order valence-corrected chi connectivity index (χ0v) is 16.0. The van der Waals surface area contributed by atoms with E-state index in [0.29, 0.717) is 17.1 Å². The Kier molecular flexibility index (Phi) is 5.73. The van der Waals surface area contributed by atoms with Crippen molar-refractivity contribution in [3.05, 3.63) is 59.0 Å². The average Bonchev–Trinajstić information content (AvgIpc) is 3.09. The van der Waals surface area contributed by atoms with Gasteiger partial charge in [-0.3, -0.25) is 14.5 Å². The van der Waals surface area contributed by atoms with Gasteiger partial charge in [-0.25, -0.2) is 0 Å². The topological polar surface area (TPSA) is 84.7 Å². The average molecular weight is 383 g/mol. The van der Waals surface area contributed by atoms with Gasteiger partial charge < -0.3 is 15.8 Å². The van der Waals surface area contributed by atoms with E-state index in [9.17, 15) is 9.59 Å². The second-order valence-electron chi connectivity index (χ2n) is 6.30. The van der Waals surface area contributed by atoms with E-state index in [-0.39, 0.29) is 12.5 Å². The zero-order chi connectivity index (χ0) is 19.4. The Bertz CT molecular complexity index is 984. The van der Waals surface area contributed by atoms with E-state index < -0.39 is 5.91 Å². The molecule has 0 saturated carbocycles. The van der Waals surface area contributed by atoms with Gasteiger partial charge in [-0.1, -0.05) is 18.2 Å². The second kappa shape index (κ2) is 8.20. The van der Waals surface area contributed by atoms with Crippen molar-refractivity contribution >= 4 is 38.9 Å². The van der Waals surface area contributed by atoms with Crippen LogP contribution in [0.4, 0.5) is 5.00 Å². The van der Waals surface area contributed by atoms with E-state index in [1.54, 1.807) is 18.6 Å². The second-order valence-corrected chi connectivity index (χ2v) is 7.21. The number of likely N-dealkylation sites (N-methyl/N-ethyl adjacent to an activating group) is 1. The van der Waals surface area contributed by atoms with Crippen molar-refractivity contribution < 1.29 is 14.3 Å². The van der Waals surface area contributed by atoms with Crippen LogP contribution >= 0.6 is 11.3 Å². The summed E-state index contributed by atoms with van der Waals surface area (Å²) in [5, 5.41) is 7.19. The smallest absolute Gasteiger partial charge is 0.251 e. The van der Waals surface area contributed by atoms with Gasteiger partial charge in [0.15, 0.2) is 0 Å². The minimum Gasteiger partial charge on any atom is -0.497 e. The lowest BCUT2D eigenvalue weighted by Crippen LogP contribution is -2.30. The van der Waals surface area contributed by atoms with Gasteiger partial charge in [0.2, 0.25) is 5.91 Å². The highest BCUT2D eigenvalue weighted by atomic mass is 32.1. The minimum absolute atomic E-state index is 0.187. The summed E-state index contributed by atoms with van der Waals surface area (Å²) in [6.45, 7) is 0.833. The van der Waals surface area contributed by atoms with Crippen molar-refractivity contribution in [1.29, 1.82) is 0 Å². The standard InChI is InChI=1S/C20H21N3O3S/c1-23(12-18(24)22-20-17(19(21)25)7-8-27-20)11-13-3-4-15-10-16(26-2)6-5-14(15)9-13/h3-10H,11-12H2,1-2H3,(H2,21,25)(H,22,24). The predicted molar refractivity (Wildman–Crippen MR) is 108 cm³/mol. The van der Waals surface area contributed by atoms with Crippen LogP contribution in [0.3, 0.4) is 0 Å². The van der Waals surface area contributed by atoms with Gasteiger partial charge in [-0.15, -0.1) is 11.3 Å². The maximum Gasteiger partial charge on any atom is 0.251 e. The van der Waals surface area contributed by atoms with E-state index in [0.717, 1.165) is 22.1 Å². The van der Waals surface area contributed by atoms with Crippen LogP contribution in [0.1, 0.15) is 15.9 Å². The number of hydrogen-bond donors (Lipinski definition) is 2. The molecule has 2 aromatic carbocycles. The van der Waals surface area contributed by atoms with Crippen LogP contribution in [0.15, 0.2) is 47.8 Å². The molecular weight excluding hydrogens is 362 g/mol. The Morgan fingerprint density at radius 3 is 2.63 bits per heavy atom. The summed E-state index contributed by atoms with van der Waals surface area (Å²) in [6.07, 6.45) is 0. The molecule has 3 rings (SSSR count). The Balaban J connectivity index is 1.62. The number of carbonyl (C=O) groups excluding carboxylic acids is 2. The van der Waals surface area contributed by atoms with E-state index in [1.807, 2.05) is 42.3 Å². The van der Waals surface area contributed by atoms with Crippen molar-refractivity contribution in [3.63, 3.8) is 0 Å². The van der Waals surface area contributed by atoms with Crippen LogP contribution in [-0.4, -0.2) is 37.4 Å². The number of rotatable bonds is 7. The van der Waals surface area contributed by atoms with E-state index in [2.05, 4.69) is 11.4 Å². The van der Waals surface area contributed by atoms with E-state index in [1.165, 1.54) is 11.3 Å². The third kappa shape index (κ3) is 4.64. The maximum absolute atomic E-state index is 12.3. The first-order valence-electron chi connectivity index (χ1n) is 8.38. The van der Waals surface area contributed by atoms with Crippen LogP contribution in [-0.2, 0) is 11.3 Å². The normalized spacial score (nSPS) is 10.9. The number of benzene rings is 2. The van der Waals surface area contributed by atoms with Crippen LogP contribution in [0.25, 0.3) is 10.8 Å². The molecule has 0 aliphatic heterocycles. The molecular formula is C20H21N3O3S. The monoisotopic (exact) mass is 383 g/mol. The maximum atomic E-state index is 12.3. The summed E-state index contributed by atoms with van der Waals surface area (Å²) in [7, 11) is 3.53. The van der Waals surface area contributed by atoms with Crippen LogP contribution in [0.2, 0.25) is 0 Å². The number of ether oxygens (including phenoxy) is 1. The molecule has 0 unspecified atom stereocenters. The van der Waals surface area contributed by atoms with Gasteiger partial charge in [0.25, 0.3) is 5.91 Å². The summed E-state index contributed by atoms with van der Waals surface area (Å²) in [6, 6.07) is 13.7. The number of thiophene rings is 1. The summed E-state index contributed by atoms with van der Waals surface area (Å²) in [5.41, 5.74) is 6.74. The lowest BCUT2D eigenvalue weighted by atomic mass is 10.1. The van der Waals surface area contributed by atoms with Gasteiger partial charge in [0, 0.05) is 6.54 Å². The number of hydrogen-bond acceptors (Lipinski definition) is 5. The number of primary amides is 1. The molecule has 140 valence electrons. The van der Waals surface area contributed by atoms with Gasteiger partial charge >= 0.3 is 0 Å². The van der Waals surface area contributed by atoms with Gasteiger partial charge in [0.05, 0.1) is 19.2 Å². The summed E-state index contributed by atoms with van der Waals surface area (Å²) in [4.78, 5) is 25.5. The first-order chi connectivity index (χ1) is 13.0. The summed E-state index contributed by atoms with van der Waals surface area (Å²) in [5.74, 6) is 0.0913. The molecule has 2 amide bonds. The van der Waals surface area contributed by atoms with Crippen LogP contribution < -0.4 is 15.8 Å². The molecule has 0 fully saturated rings. The number of carbonyl (C=O) groups is 2. The molecule has 0 saturated heterocycles. The third-order valence-electron chi connectivity index (χ3n) is 4.16. The Morgan fingerprint density at radius 2 is 1.89 bits per heavy atom. The summed E-state index contributed by atoms with van der Waals surface area (Å²) >= 11 is 1.28. The van der Waals surface area contributed by atoms with Crippen LogP contribution in [0.5, 0.6) is 5.75 Å². The molecule has 3 aromatic rings. The predicted octanol–water partition coefficient (Wildman–Crippen LogP) is 3.08. The molecule has 1 aromatic heterocycles. The fraction of sp³-hybridized carbons (Fsp3) is 0.200. The first-order valence-corrected chi connectivity index (χ1v) is 9.26. The number of methoxy groups -OCH3 is 1. The van der Waals surface area contributed by atoms with Gasteiger partial charge in [-0.05, 0) is 53.0 Å². The molecule has 0 spiro atoms. The van der Waals surface area contributed by atoms with E-state index >= 15 is 0 Å². The highest BCUT2D eigenvalue weighted by Crippen LogP contribution is 2.23. The molecule has 6 nitrogen and oxygen atoms in total. The molecule has 0 bridgehead atoms. The fourth-order valence-corrected chi connectivity index (χ4v) is 3.69. The van der Waals surface area contributed by atoms with Gasteiger partial charge in [-0.2, -0.15) is 0 Å². The molecule has 0 radical (unpaired) electrons. The SMILES string of the molecule is COc1ccc2cc(CN(C)CC(=O)Nc3sccc3C(N)=O)ccc2c1. The molecule has 0 atom stereocenters. The molecule has 3 N–H and O–H groups in total. The lowest BCUT2D eigenvalue weighted by molar-refractivity contribution is -0.117. The largest absolute Gasteiger partial charge is 0.497 e.